The highest BCUT2D eigenvalue weighted by Crippen LogP contribution is 2.40. The molecular formula is C63H114O12. The van der Waals surface area contributed by atoms with Gasteiger partial charge in [-0.25, -0.2) is 0 Å². The summed E-state index contributed by atoms with van der Waals surface area (Å²) >= 11 is 0. The second-order valence-electron chi connectivity index (χ2n) is 19.1. The number of aliphatic hydroxyl groups excluding tert-OH is 3. The molecule has 0 aliphatic rings. The molecule has 0 aromatic rings. The second kappa shape index (κ2) is 62.0. The molecule has 12 nitrogen and oxygen atoms in total. The summed E-state index contributed by atoms with van der Waals surface area (Å²) in [5.41, 5.74) is -0.331. The normalized spacial score (nSPS) is 11.4. The SMILES string of the molecule is C=CCCCOCCCC(CCCO)(CCCOCCCC=C)CCCOCCCC=C.C=CCCOCCC(CCO)(CCOCCC=C)CCOCCC=C.C=CCOCC(CO)(COCC=C)COCC=C. The summed E-state index contributed by atoms with van der Waals surface area (Å²) in [5.74, 6) is 0. The second-order valence-corrected chi connectivity index (χ2v) is 19.1. The largest absolute Gasteiger partial charge is 0.396 e. The lowest BCUT2D eigenvalue weighted by Crippen LogP contribution is -2.41. The van der Waals surface area contributed by atoms with E-state index in [4.69, 9.17) is 42.6 Å². The van der Waals surface area contributed by atoms with Crippen LogP contribution in [-0.2, 0) is 42.6 Å². The minimum Gasteiger partial charge on any atom is -0.396 e. The monoisotopic (exact) mass is 1060 g/mol. The van der Waals surface area contributed by atoms with E-state index in [-0.39, 0.29) is 30.7 Å². The van der Waals surface area contributed by atoms with Crippen molar-refractivity contribution in [3.05, 3.63) is 114 Å². The topological polar surface area (TPSA) is 144 Å². The first-order valence-corrected chi connectivity index (χ1v) is 28.2. The minimum atomic E-state index is -0.560. The van der Waals surface area contributed by atoms with Crippen LogP contribution in [0.1, 0.15) is 135 Å². The maximum absolute atomic E-state index is 9.56. The minimum absolute atomic E-state index is 0.00864. The van der Waals surface area contributed by atoms with Gasteiger partial charge in [0.1, 0.15) is 0 Å². The molecule has 0 bridgehead atoms. The van der Waals surface area contributed by atoms with Crippen LogP contribution < -0.4 is 0 Å². The molecule has 0 aliphatic carbocycles. The van der Waals surface area contributed by atoms with Crippen LogP contribution in [0.2, 0.25) is 0 Å². The molecule has 0 aliphatic heterocycles. The Bertz CT molecular complexity index is 1150. The van der Waals surface area contributed by atoms with Gasteiger partial charge in [-0.15, -0.1) is 59.2 Å². The molecule has 438 valence electrons. The van der Waals surface area contributed by atoms with Crippen molar-refractivity contribution in [2.75, 3.05) is 139 Å². The van der Waals surface area contributed by atoms with Gasteiger partial charge in [0.2, 0.25) is 0 Å². The van der Waals surface area contributed by atoms with Gasteiger partial charge in [-0.1, -0.05) is 54.7 Å². The van der Waals surface area contributed by atoms with Gasteiger partial charge < -0.3 is 58.0 Å². The zero-order valence-corrected chi connectivity index (χ0v) is 47.8. The van der Waals surface area contributed by atoms with E-state index >= 15 is 0 Å². The van der Waals surface area contributed by atoms with Crippen molar-refractivity contribution >= 4 is 0 Å². The molecule has 0 saturated carbocycles. The first-order chi connectivity index (χ1) is 36.7. The summed E-state index contributed by atoms with van der Waals surface area (Å²) in [4.78, 5) is 0. The van der Waals surface area contributed by atoms with Gasteiger partial charge >= 0.3 is 0 Å². The van der Waals surface area contributed by atoms with Crippen LogP contribution in [-0.4, -0.2) is 154 Å². The number of rotatable bonds is 60. The lowest BCUT2D eigenvalue weighted by atomic mass is 9.72. The fraction of sp³-hybridized carbons (Fsp3) is 0.714. The Hall–Kier alpha value is -2.82. The smallest absolute Gasteiger partial charge is 0.0645 e. The van der Waals surface area contributed by atoms with Gasteiger partial charge in [0.05, 0.1) is 51.7 Å². The molecule has 0 heterocycles. The number of aliphatic hydroxyl groups is 3. The highest BCUT2D eigenvalue weighted by molar-refractivity contribution is 4.83. The zero-order valence-electron chi connectivity index (χ0n) is 47.8. The van der Waals surface area contributed by atoms with Gasteiger partial charge in [-0.2, -0.15) is 0 Å². The number of hydrogen-bond acceptors (Lipinski definition) is 12. The summed E-state index contributed by atoms with van der Waals surface area (Å²) in [7, 11) is 0. The maximum Gasteiger partial charge on any atom is 0.0645 e. The number of ether oxygens (including phenoxy) is 9. The predicted molar refractivity (Wildman–Crippen MR) is 315 cm³/mol. The molecule has 0 rings (SSSR count). The van der Waals surface area contributed by atoms with Crippen molar-refractivity contribution in [1.82, 2.24) is 0 Å². The lowest BCUT2D eigenvalue weighted by molar-refractivity contribution is -0.0821. The fourth-order valence-corrected chi connectivity index (χ4v) is 8.14. The predicted octanol–water partition coefficient (Wildman–Crippen LogP) is 12.9. The summed E-state index contributed by atoms with van der Waals surface area (Å²) in [6, 6.07) is 0. The van der Waals surface area contributed by atoms with Crippen LogP contribution >= 0.6 is 0 Å². The Kier molecular flexibility index (Phi) is 63.2. The van der Waals surface area contributed by atoms with Gasteiger partial charge in [0, 0.05) is 92.5 Å². The number of unbranched alkanes of at least 4 members (excludes halogenated alkanes) is 3. The maximum atomic E-state index is 9.56. The summed E-state index contributed by atoms with van der Waals surface area (Å²) < 4.78 is 50.8. The molecule has 0 radical (unpaired) electrons. The molecule has 0 spiro atoms. The first-order valence-electron chi connectivity index (χ1n) is 28.2. The van der Waals surface area contributed by atoms with Crippen LogP contribution in [0.15, 0.2) is 114 Å². The van der Waals surface area contributed by atoms with Crippen molar-refractivity contribution < 1.29 is 58.0 Å². The summed E-state index contributed by atoms with van der Waals surface area (Å²) in [6.45, 7) is 44.9. The van der Waals surface area contributed by atoms with Crippen LogP contribution in [0.5, 0.6) is 0 Å². The molecule has 12 heteroatoms. The van der Waals surface area contributed by atoms with Crippen LogP contribution in [0.4, 0.5) is 0 Å². The fourth-order valence-electron chi connectivity index (χ4n) is 8.14. The molecule has 0 aromatic carbocycles. The molecule has 0 atom stereocenters. The highest BCUT2D eigenvalue weighted by atomic mass is 16.5. The summed E-state index contributed by atoms with van der Waals surface area (Å²) in [6.07, 6.45) is 37.2. The lowest BCUT2D eigenvalue weighted by Gasteiger charge is -2.35. The molecule has 0 unspecified atom stereocenters. The molecule has 0 aromatic heterocycles. The van der Waals surface area contributed by atoms with Crippen molar-refractivity contribution in [2.24, 2.45) is 16.2 Å². The first kappa shape index (κ1) is 76.4. The van der Waals surface area contributed by atoms with E-state index in [1.807, 2.05) is 36.5 Å². The molecule has 0 saturated heterocycles. The van der Waals surface area contributed by atoms with Crippen LogP contribution in [0.25, 0.3) is 0 Å². The molecule has 3 N–H and O–H groups in total. The Morgan fingerprint density at radius 1 is 0.253 bits per heavy atom. The van der Waals surface area contributed by atoms with E-state index in [1.165, 1.54) is 0 Å². The van der Waals surface area contributed by atoms with E-state index in [0.29, 0.717) is 79.3 Å². The average Bonchev–Trinajstić information content (AvgIpc) is 3.42. The van der Waals surface area contributed by atoms with E-state index < -0.39 is 5.41 Å². The van der Waals surface area contributed by atoms with Crippen LogP contribution in [0, 0.1) is 16.2 Å². The third kappa shape index (κ3) is 51.7. The van der Waals surface area contributed by atoms with Crippen molar-refractivity contribution in [3.63, 3.8) is 0 Å². The third-order valence-corrected chi connectivity index (χ3v) is 12.6. The van der Waals surface area contributed by atoms with Crippen molar-refractivity contribution in [3.8, 4) is 0 Å². The average molecular weight is 1060 g/mol. The molecule has 0 amide bonds. The zero-order chi connectivity index (χ0) is 55.9. The van der Waals surface area contributed by atoms with Gasteiger partial charge in [0.25, 0.3) is 0 Å². The Morgan fingerprint density at radius 3 is 0.827 bits per heavy atom. The molecule has 75 heavy (non-hydrogen) atoms. The van der Waals surface area contributed by atoms with E-state index in [2.05, 4.69) is 59.2 Å². The highest BCUT2D eigenvalue weighted by Gasteiger charge is 2.32. The standard InChI is InChI=1S/C28H52O4.C21H38O4.C14H24O4/c1-4-7-10-22-30-25-14-18-28(17-13-21-29,19-15-26-31-23-11-8-5-2)20-16-27-32-24-12-9-6-3;1-4-7-15-23-18-11-21(10-14-22,12-19-24-16-8-5-2)13-20-25-17-9-6-3;1-4-7-16-11-14(10-15,12-17-8-5-2)13-18-9-6-3/h4-6,29H,1-3,7-27H2;4-6,22H,1-3,7-20H2;4-6,15H,1-3,7-13H2. The van der Waals surface area contributed by atoms with Gasteiger partial charge in [-0.05, 0) is 146 Å². The number of allylic oxidation sites excluding steroid dienone is 3. The summed E-state index contributed by atoms with van der Waals surface area (Å²) in [5, 5.41) is 28.6. The Labute approximate surface area is 460 Å². The van der Waals surface area contributed by atoms with Crippen LogP contribution in [0.3, 0.4) is 0 Å². The van der Waals surface area contributed by atoms with Crippen molar-refractivity contribution in [1.29, 1.82) is 0 Å². The van der Waals surface area contributed by atoms with E-state index in [1.54, 1.807) is 18.2 Å². The van der Waals surface area contributed by atoms with Gasteiger partial charge in [0.15, 0.2) is 0 Å². The van der Waals surface area contributed by atoms with E-state index in [9.17, 15) is 15.3 Å². The molecule has 0 fully saturated rings. The van der Waals surface area contributed by atoms with Crippen molar-refractivity contribution in [2.45, 2.75) is 135 Å². The quantitative estimate of drug-likeness (QED) is 0.0394. The van der Waals surface area contributed by atoms with E-state index in [0.717, 1.165) is 174 Å². The third-order valence-electron chi connectivity index (χ3n) is 12.6. The Balaban J connectivity index is -0.00000108. The number of hydrogen-bond donors (Lipinski definition) is 3. The Morgan fingerprint density at radius 2 is 0.547 bits per heavy atom. The van der Waals surface area contributed by atoms with Gasteiger partial charge in [-0.3, -0.25) is 0 Å². The molecular weight excluding hydrogens is 949 g/mol.